The second-order valence-corrected chi connectivity index (χ2v) is 5.03. The Morgan fingerprint density at radius 2 is 1.38 bits per heavy atom. The van der Waals surface area contributed by atoms with Crippen molar-refractivity contribution in [3.63, 3.8) is 0 Å². The predicted octanol–water partition coefficient (Wildman–Crippen LogP) is 4.08. The number of rotatable bonds is 6. The standard InChI is InChI=1S/C18H20O3/c1-13(14-4-8-16(20-2)9-5-14)12-18(19)15-6-10-17(21-3)11-7-15/h4-11,13H,12H2,1-3H3. The summed E-state index contributed by atoms with van der Waals surface area (Å²) in [5.41, 5.74) is 1.86. The molecule has 0 amide bonds. The second kappa shape index (κ2) is 6.93. The molecule has 0 saturated heterocycles. The summed E-state index contributed by atoms with van der Waals surface area (Å²) in [4.78, 5) is 12.3. The van der Waals surface area contributed by atoms with E-state index in [1.807, 2.05) is 48.5 Å². The molecule has 0 radical (unpaired) electrons. The SMILES string of the molecule is COc1ccc(C(=O)CC(C)c2ccc(OC)cc2)cc1. The number of Topliss-reactive ketones (excluding diaryl/α,β-unsaturated/α-hetero) is 1. The van der Waals surface area contributed by atoms with Gasteiger partial charge in [-0.3, -0.25) is 4.79 Å². The van der Waals surface area contributed by atoms with Gasteiger partial charge in [-0.2, -0.15) is 0 Å². The van der Waals surface area contributed by atoms with Crippen LogP contribution in [0.5, 0.6) is 11.5 Å². The minimum absolute atomic E-state index is 0.140. The number of ketones is 1. The lowest BCUT2D eigenvalue weighted by Gasteiger charge is -2.12. The van der Waals surface area contributed by atoms with Crippen molar-refractivity contribution in [2.45, 2.75) is 19.3 Å². The monoisotopic (exact) mass is 284 g/mol. The highest BCUT2D eigenvalue weighted by Crippen LogP contribution is 2.24. The van der Waals surface area contributed by atoms with Crippen LogP contribution >= 0.6 is 0 Å². The normalized spacial score (nSPS) is 11.8. The van der Waals surface area contributed by atoms with Crippen LogP contribution in [0, 0.1) is 0 Å². The minimum Gasteiger partial charge on any atom is -0.497 e. The lowest BCUT2D eigenvalue weighted by atomic mass is 9.93. The van der Waals surface area contributed by atoms with E-state index in [1.54, 1.807) is 14.2 Å². The van der Waals surface area contributed by atoms with Gasteiger partial charge in [0.25, 0.3) is 0 Å². The molecule has 110 valence electrons. The van der Waals surface area contributed by atoms with Gasteiger partial charge in [0.05, 0.1) is 14.2 Å². The van der Waals surface area contributed by atoms with Gasteiger partial charge in [0.2, 0.25) is 0 Å². The maximum atomic E-state index is 12.3. The van der Waals surface area contributed by atoms with E-state index < -0.39 is 0 Å². The topological polar surface area (TPSA) is 35.5 Å². The number of hydrogen-bond acceptors (Lipinski definition) is 3. The third kappa shape index (κ3) is 3.85. The molecule has 1 atom stereocenters. The molecule has 0 saturated carbocycles. The molecule has 1 unspecified atom stereocenters. The fourth-order valence-corrected chi connectivity index (χ4v) is 2.22. The van der Waals surface area contributed by atoms with E-state index in [1.165, 1.54) is 0 Å². The number of carbonyl (C=O) groups is 1. The highest BCUT2D eigenvalue weighted by atomic mass is 16.5. The van der Waals surface area contributed by atoms with Crippen molar-refractivity contribution in [1.29, 1.82) is 0 Å². The summed E-state index contributed by atoms with van der Waals surface area (Å²) < 4.78 is 10.2. The molecule has 0 aromatic heterocycles. The van der Waals surface area contributed by atoms with Crippen LogP contribution < -0.4 is 9.47 Å². The van der Waals surface area contributed by atoms with Crippen LogP contribution in [-0.4, -0.2) is 20.0 Å². The zero-order chi connectivity index (χ0) is 15.2. The summed E-state index contributed by atoms with van der Waals surface area (Å²) in [7, 11) is 3.26. The molecule has 0 N–H and O–H groups in total. The van der Waals surface area contributed by atoms with E-state index in [9.17, 15) is 4.79 Å². The van der Waals surface area contributed by atoms with Crippen LogP contribution in [0.2, 0.25) is 0 Å². The van der Waals surface area contributed by atoms with Gasteiger partial charge in [0.1, 0.15) is 11.5 Å². The molecule has 0 heterocycles. The molecule has 0 aliphatic heterocycles. The highest BCUT2D eigenvalue weighted by Gasteiger charge is 2.13. The largest absolute Gasteiger partial charge is 0.497 e. The molecule has 3 nitrogen and oxygen atoms in total. The fourth-order valence-electron chi connectivity index (χ4n) is 2.22. The maximum Gasteiger partial charge on any atom is 0.163 e. The first-order chi connectivity index (χ1) is 10.1. The minimum atomic E-state index is 0.140. The number of hydrogen-bond donors (Lipinski definition) is 0. The molecule has 2 aromatic rings. The van der Waals surface area contributed by atoms with Crippen LogP contribution in [0.3, 0.4) is 0 Å². The van der Waals surface area contributed by atoms with Crippen LogP contribution in [0.25, 0.3) is 0 Å². The fraction of sp³-hybridized carbons (Fsp3) is 0.278. The molecular formula is C18H20O3. The van der Waals surface area contributed by atoms with Crippen LogP contribution in [0.1, 0.15) is 35.2 Å². The summed E-state index contributed by atoms with van der Waals surface area (Å²) in [5, 5.41) is 0. The van der Waals surface area contributed by atoms with Crippen LogP contribution in [0.4, 0.5) is 0 Å². The summed E-state index contributed by atoms with van der Waals surface area (Å²) in [6.07, 6.45) is 0.485. The van der Waals surface area contributed by atoms with Crippen molar-refractivity contribution >= 4 is 5.78 Å². The van der Waals surface area contributed by atoms with E-state index >= 15 is 0 Å². The third-order valence-corrected chi connectivity index (χ3v) is 3.59. The Kier molecular flexibility index (Phi) is 4.99. The van der Waals surface area contributed by atoms with Crippen molar-refractivity contribution in [3.05, 3.63) is 59.7 Å². The lowest BCUT2D eigenvalue weighted by molar-refractivity contribution is 0.0975. The Morgan fingerprint density at radius 1 is 0.905 bits per heavy atom. The number of ether oxygens (including phenoxy) is 2. The first kappa shape index (κ1) is 15.1. The summed E-state index contributed by atoms with van der Waals surface area (Å²) in [6, 6.07) is 15.1. The Hall–Kier alpha value is -2.29. The second-order valence-electron chi connectivity index (χ2n) is 5.03. The van der Waals surface area contributed by atoms with E-state index in [4.69, 9.17) is 9.47 Å². The molecule has 2 rings (SSSR count). The number of carbonyl (C=O) groups excluding carboxylic acids is 1. The Morgan fingerprint density at radius 3 is 1.86 bits per heavy atom. The molecule has 21 heavy (non-hydrogen) atoms. The van der Waals surface area contributed by atoms with E-state index in [2.05, 4.69) is 6.92 Å². The van der Waals surface area contributed by atoms with Gasteiger partial charge in [-0.1, -0.05) is 19.1 Å². The summed E-state index contributed by atoms with van der Waals surface area (Å²) in [6.45, 7) is 2.06. The van der Waals surface area contributed by atoms with Crippen molar-refractivity contribution in [2.24, 2.45) is 0 Å². The van der Waals surface area contributed by atoms with Gasteiger partial charge >= 0.3 is 0 Å². The van der Waals surface area contributed by atoms with Crippen molar-refractivity contribution in [3.8, 4) is 11.5 Å². The Labute approximate surface area is 125 Å². The molecule has 0 fully saturated rings. The zero-order valence-electron chi connectivity index (χ0n) is 12.6. The zero-order valence-corrected chi connectivity index (χ0v) is 12.6. The average molecular weight is 284 g/mol. The van der Waals surface area contributed by atoms with Crippen molar-refractivity contribution < 1.29 is 14.3 Å². The number of benzene rings is 2. The molecule has 2 aromatic carbocycles. The van der Waals surface area contributed by atoms with Gasteiger partial charge in [0, 0.05) is 12.0 Å². The third-order valence-electron chi connectivity index (χ3n) is 3.59. The van der Waals surface area contributed by atoms with Crippen molar-refractivity contribution in [2.75, 3.05) is 14.2 Å². The Balaban J connectivity index is 2.03. The molecular weight excluding hydrogens is 264 g/mol. The van der Waals surface area contributed by atoms with Crippen LogP contribution in [-0.2, 0) is 0 Å². The van der Waals surface area contributed by atoms with Crippen LogP contribution in [0.15, 0.2) is 48.5 Å². The van der Waals surface area contributed by atoms with Crippen molar-refractivity contribution in [1.82, 2.24) is 0 Å². The lowest BCUT2D eigenvalue weighted by Crippen LogP contribution is -2.05. The van der Waals surface area contributed by atoms with E-state index in [-0.39, 0.29) is 11.7 Å². The smallest absolute Gasteiger partial charge is 0.163 e. The summed E-state index contributed by atoms with van der Waals surface area (Å²) >= 11 is 0. The quantitative estimate of drug-likeness (QED) is 0.750. The summed E-state index contributed by atoms with van der Waals surface area (Å²) in [5.74, 6) is 1.90. The molecule has 0 aliphatic carbocycles. The van der Waals surface area contributed by atoms with Gasteiger partial charge in [0.15, 0.2) is 5.78 Å². The van der Waals surface area contributed by atoms with Gasteiger partial charge < -0.3 is 9.47 Å². The van der Waals surface area contributed by atoms with E-state index in [0.29, 0.717) is 6.42 Å². The first-order valence-corrected chi connectivity index (χ1v) is 6.95. The maximum absolute atomic E-state index is 12.3. The van der Waals surface area contributed by atoms with Gasteiger partial charge in [-0.25, -0.2) is 0 Å². The Bertz CT molecular complexity index is 585. The van der Waals surface area contributed by atoms with Gasteiger partial charge in [-0.05, 0) is 47.9 Å². The first-order valence-electron chi connectivity index (χ1n) is 6.95. The predicted molar refractivity (Wildman–Crippen MR) is 83.4 cm³/mol. The van der Waals surface area contributed by atoms with E-state index in [0.717, 1.165) is 22.6 Å². The van der Waals surface area contributed by atoms with Gasteiger partial charge in [-0.15, -0.1) is 0 Å². The molecule has 0 bridgehead atoms. The average Bonchev–Trinajstić information content (AvgIpc) is 2.55. The molecule has 3 heteroatoms. The molecule has 0 aliphatic rings. The molecule has 0 spiro atoms. The highest BCUT2D eigenvalue weighted by molar-refractivity contribution is 5.96. The number of methoxy groups -OCH3 is 2.